The molecule has 5 nitrogen and oxygen atoms in total. The second-order valence-electron chi connectivity index (χ2n) is 15.1. The lowest BCUT2D eigenvalue weighted by molar-refractivity contribution is -0.150. The fourth-order valence-electron chi connectivity index (χ4n) is 6.95. The summed E-state index contributed by atoms with van der Waals surface area (Å²) in [6.07, 6.45) is 39.3. The van der Waals surface area contributed by atoms with E-state index in [1.165, 1.54) is 154 Å². The van der Waals surface area contributed by atoms with Crippen molar-refractivity contribution in [1.29, 1.82) is 0 Å². The highest BCUT2D eigenvalue weighted by atomic mass is 16.5. The number of esters is 1. The maximum Gasteiger partial charge on any atom is 0.306 e. The molecule has 1 atom stereocenters. The maximum absolute atomic E-state index is 12.7. The van der Waals surface area contributed by atoms with Crippen LogP contribution in [0.15, 0.2) is 0 Å². The molecule has 0 saturated heterocycles. The van der Waals surface area contributed by atoms with Gasteiger partial charge in [0.15, 0.2) is 0 Å². The number of carbonyl (C=O) groups excluding carboxylic acids is 1. The van der Waals surface area contributed by atoms with Crippen LogP contribution in [0.3, 0.4) is 0 Å². The van der Waals surface area contributed by atoms with Crippen LogP contribution in [-0.4, -0.2) is 59.5 Å². The van der Waals surface area contributed by atoms with Crippen molar-refractivity contribution in [3.05, 3.63) is 0 Å². The Bertz CT molecular complexity index is 614. The molecule has 0 aromatic carbocycles. The minimum atomic E-state index is -0.317. The molecule has 0 bridgehead atoms. The lowest BCUT2D eigenvalue weighted by Gasteiger charge is -2.25. The van der Waals surface area contributed by atoms with Crippen LogP contribution in [0.5, 0.6) is 0 Å². The monoisotopic (exact) mass is 682 g/mol. The van der Waals surface area contributed by atoms with E-state index < -0.39 is 0 Å². The molecule has 288 valence electrons. The quantitative estimate of drug-likeness (QED) is 0.0497. The van der Waals surface area contributed by atoms with E-state index in [0.29, 0.717) is 6.42 Å². The van der Waals surface area contributed by atoms with E-state index in [2.05, 4.69) is 25.7 Å². The van der Waals surface area contributed by atoms with Gasteiger partial charge in [0.1, 0.15) is 6.10 Å². The predicted octanol–water partition coefficient (Wildman–Crippen LogP) is 12.5. The van der Waals surface area contributed by atoms with Gasteiger partial charge in [-0.1, -0.05) is 168 Å². The van der Waals surface area contributed by atoms with Crippen LogP contribution >= 0.6 is 0 Å². The van der Waals surface area contributed by atoms with Crippen LogP contribution in [0.1, 0.15) is 233 Å². The molecule has 0 amide bonds. The van der Waals surface area contributed by atoms with Crippen LogP contribution in [0.4, 0.5) is 0 Å². The summed E-state index contributed by atoms with van der Waals surface area (Å²) in [5.41, 5.74) is 0. The summed E-state index contributed by atoms with van der Waals surface area (Å²) in [6.45, 7) is 9.78. The third-order valence-corrected chi connectivity index (χ3v) is 10.2. The Balaban J connectivity index is 4.23. The molecule has 0 rings (SSSR count). The summed E-state index contributed by atoms with van der Waals surface area (Å²) in [5.74, 6) is -0.0185. The smallest absolute Gasteiger partial charge is 0.306 e. The molecule has 0 aliphatic carbocycles. The molecule has 1 unspecified atom stereocenters. The van der Waals surface area contributed by atoms with Gasteiger partial charge in [-0.2, -0.15) is 0 Å². The van der Waals surface area contributed by atoms with Crippen LogP contribution in [0.2, 0.25) is 0 Å². The lowest BCUT2D eigenvalue weighted by atomic mass is 10.0. The summed E-state index contributed by atoms with van der Waals surface area (Å²) >= 11 is 0. The summed E-state index contributed by atoms with van der Waals surface area (Å²) in [6, 6.07) is 0. The number of carbonyl (C=O) groups is 1. The molecule has 0 saturated carbocycles. The molecule has 0 aliphatic rings. The van der Waals surface area contributed by atoms with Crippen molar-refractivity contribution in [3.8, 4) is 0 Å². The Kier molecular flexibility index (Phi) is 38.6. The van der Waals surface area contributed by atoms with Crippen LogP contribution in [0, 0.1) is 0 Å². The molecule has 0 spiro atoms. The first-order valence-electron chi connectivity index (χ1n) is 21.8. The molecule has 0 aromatic heterocycles. The molecular weight excluding hydrogens is 594 g/mol. The number of aliphatic hydroxyl groups excluding tert-OH is 2. The molecular formula is C43H87NO4. The number of aliphatic hydroxyl groups is 2. The zero-order chi connectivity index (χ0) is 35.2. The largest absolute Gasteiger partial charge is 0.462 e. The fraction of sp³-hybridized carbons (Fsp3) is 0.977. The van der Waals surface area contributed by atoms with E-state index in [-0.39, 0.29) is 24.8 Å². The number of rotatable bonds is 40. The first-order chi connectivity index (χ1) is 23.6. The predicted molar refractivity (Wildman–Crippen MR) is 209 cm³/mol. The molecule has 0 aromatic rings. The SMILES string of the molecule is CCCCCCCCCCCCCCN(CCCCO)CC(O)CCCCCC(=O)OC(CCCCCCCC)CCCCCCCC. The van der Waals surface area contributed by atoms with E-state index in [9.17, 15) is 15.0 Å². The van der Waals surface area contributed by atoms with Crippen LogP contribution in [0.25, 0.3) is 0 Å². The first kappa shape index (κ1) is 47.4. The van der Waals surface area contributed by atoms with E-state index in [0.717, 1.165) is 71.0 Å². The molecule has 0 aliphatic heterocycles. The zero-order valence-electron chi connectivity index (χ0n) is 33.0. The highest BCUT2D eigenvalue weighted by molar-refractivity contribution is 5.69. The van der Waals surface area contributed by atoms with Gasteiger partial charge in [0.2, 0.25) is 0 Å². The molecule has 2 N–H and O–H groups in total. The van der Waals surface area contributed by atoms with Crippen molar-refractivity contribution in [2.45, 2.75) is 245 Å². The van der Waals surface area contributed by atoms with E-state index >= 15 is 0 Å². The van der Waals surface area contributed by atoms with Crippen LogP contribution in [-0.2, 0) is 9.53 Å². The van der Waals surface area contributed by atoms with Gasteiger partial charge in [-0.05, 0) is 70.9 Å². The van der Waals surface area contributed by atoms with Crippen molar-refractivity contribution in [3.63, 3.8) is 0 Å². The van der Waals surface area contributed by atoms with Gasteiger partial charge in [-0.3, -0.25) is 4.79 Å². The molecule has 5 heteroatoms. The Morgan fingerprint density at radius 2 is 0.875 bits per heavy atom. The van der Waals surface area contributed by atoms with Crippen molar-refractivity contribution in [2.75, 3.05) is 26.2 Å². The van der Waals surface area contributed by atoms with Gasteiger partial charge in [-0.15, -0.1) is 0 Å². The Labute approximate surface area is 301 Å². The van der Waals surface area contributed by atoms with Crippen molar-refractivity contribution in [2.24, 2.45) is 0 Å². The Hall–Kier alpha value is -0.650. The number of nitrogens with zero attached hydrogens (tertiary/aromatic N) is 1. The van der Waals surface area contributed by atoms with Crippen LogP contribution < -0.4 is 0 Å². The number of unbranched alkanes of at least 4 members (excludes halogenated alkanes) is 24. The maximum atomic E-state index is 12.7. The number of ether oxygens (including phenoxy) is 1. The zero-order valence-corrected chi connectivity index (χ0v) is 33.0. The minimum Gasteiger partial charge on any atom is -0.462 e. The standard InChI is InChI=1S/C43H87NO4/c1-4-7-10-13-16-17-18-19-20-21-24-30-37-44(38-31-32-39-45)40-41(46)33-26-25-29-36-43(47)48-42(34-27-22-14-11-8-5-2)35-28-23-15-12-9-6-3/h41-42,45-46H,4-40H2,1-3H3. The number of hydrogen-bond acceptors (Lipinski definition) is 5. The average Bonchev–Trinajstić information content (AvgIpc) is 3.08. The van der Waals surface area contributed by atoms with Crippen molar-refractivity contribution in [1.82, 2.24) is 4.90 Å². The Morgan fingerprint density at radius 3 is 1.33 bits per heavy atom. The molecule has 0 fully saturated rings. The second-order valence-corrected chi connectivity index (χ2v) is 15.1. The van der Waals surface area contributed by atoms with Gasteiger partial charge in [0.25, 0.3) is 0 Å². The van der Waals surface area contributed by atoms with Crippen molar-refractivity contribution >= 4 is 5.97 Å². The van der Waals surface area contributed by atoms with Crippen molar-refractivity contribution < 1.29 is 19.7 Å². The first-order valence-corrected chi connectivity index (χ1v) is 21.8. The molecule has 0 radical (unpaired) electrons. The van der Waals surface area contributed by atoms with Gasteiger partial charge in [0, 0.05) is 19.6 Å². The second kappa shape index (κ2) is 39.1. The van der Waals surface area contributed by atoms with E-state index in [4.69, 9.17) is 4.74 Å². The van der Waals surface area contributed by atoms with E-state index in [1.54, 1.807) is 0 Å². The fourth-order valence-corrected chi connectivity index (χ4v) is 6.95. The third kappa shape index (κ3) is 35.2. The minimum absolute atomic E-state index is 0.0185. The number of hydrogen-bond donors (Lipinski definition) is 2. The molecule has 0 heterocycles. The van der Waals surface area contributed by atoms with Gasteiger partial charge in [0.05, 0.1) is 6.10 Å². The average molecular weight is 682 g/mol. The topological polar surface area (TPSA) is 70.0 Å². The van der Waals surface area contributed by atoms with Gasteiger partial charge in [-0.25, -0.2) is 0 Å². The third-order valence-electron chi connectivity index (χ3n) is 10.2. The summed E-state index contributed by atoms with van der Waals surface area (Å²) in [4.78, 5) is 15.1. The summed E-state index contributed by atoms with van der Waals surface area (Å²) in [7, 11) is 0. The lowest BCUT2D eigenvalue weighted by Crippen LogP contribution is -2.34. The van der Waals surface area contributed by atoms with Gasteiger partial charge >= 0.3 is 5.97 Å². The van der Waals surface area contributed by atoms with E-state index in [1.807, 2.05) is 0 Å². The highest BCUT2D eigenvalue weighted by Crippen LogP contribution is 2.19. The summed E-state index contributed by atoms with van der Waals surface area (Å²) in [5, 5.41) is 20.1. The normalized spacial score (nSPS) is 12.4. The molecule has 48 heavy (non-hydrogen) atoms. The highest BCUT2D eigenvalue weighted by Gasteiger charge is 2.15. The van der Waals surface area contributed by atoms with Gasteiger partial charge < -0.3 is 19.8 Å². The Morgan fingerprint density at radius 1 is 0.500 bits per heavy atom. The summed E-state index contributed by atoms with van der Waals surface area (Å²) < 4.78 is 6.02.